The maximum atomic E-state index is 11.6. The number of carbonyl (C=O) groups excluding carboxylic acids is 1. The van der Waals surface area contributed by atoms with Gasteiger partial charge < -0.3 is 10.6 Å². The molecule has 114 valence electrons. The topological polar surface area (TPSA) is 41.1 Å². The molecule has 0 radical (unpaired) electrons. The lowest BCUT2D eigenvalue weighted by atomic mass is 9.85. The van der Waals surface area contributed by atoms with Gasteiger partial charge in [0.25, 0.3) is 0 Å². The smallest absolute Gasteiger partial charge is 0.221 e. The first-order valence-corrected chi connectivity index (χ1v) is 6.96. The zero-order chi connectivity index (χ0) is 14.3. The summed E-state index contributed by atoms with van der Waals surface area (Å²) in [4.78, 5) is 11.6. The molecular weight excluding hydrogens is 295 g/mol. The summed E-state index contributed by atoms with van der Waals surface area (Å²) in [6, 6.07) is 7.87. The van der Waals surface area contributed by atoms with E-state index in [0.717, 1.165) is 11.4 Å². The van der Waals surface area contributed by atoms with Crippen LogP contribution in [0.25, 0.3) is 0 Å². The summed E-state index contributed by atoms with van der Waals surface area (Å²) in [5.74, 6) is 0.0912. The molecule has 1 aromatic carbocycles. The Balaban J connectivity index is 0.00000361. The van der Waals surface area contributed by atoms with Gasteiger partial charge in [0.05, 0.1) is 0 Å². The summed E-state index contributed by atoms with van der Waals surface area (Å²) < 4.78 is 0. The van der Waals surface area contributed by atoms with Crippen molar-refractivity contribution in [2.75, 3.05) is 20.1 Å². The third kappa shape index (κ3) is 7.73. The van der Waals surface area contributed by atoms with E-state index >= 15 is 0 Å². The molecule has 0 unspecified atom stereocenters. The van der Waals surface area contributed by atoms with Gasteiger partial charge in [0.15, 0.2) is 0 Å². The Morgan fingerprint density at radius 1 is 1.35 bits per heavy atom. The minimum absolute atomic E-state index is 0. The molecule has 0 spiro atoms. The second-order valence-corrected chi connectivity index (χ2v) is 6.04. The number of halogens is 2. The van der Waals surface area contributed by atoms with Crippen molar-refractivity contribution >= 4 is 29.9 Å². The van der Waals surface area contributed by atoms with E-state index < -0.39 is 0 Å². The van der Waals surface area contributed by atoms with Crippen molar-refractivity contribution in [3.63, 3.8) is 0 Å². The molecule has 0 fully saturated rings. The fraction of sp³-hybridized carbons (Fsp3) is 0.533. The molecule has 20 heavy (non-hydrogen) atoms. The highest BCUT2D eigenvalue weighted by atomic mass is 35.5. The van der Waals surface area contributed by atoms with Crippen LogP contribution in [0, 0.1) is 5.41 Å². The highest BCUT2D eigenvalue weighted by molar-refractivity contribution is 6.30. The van der Waals surface area contributed by atoms with E-state index in [1.807, 2.05) is 25.2 Å². The average Bonchev–Trinajstić information content (AvgIpc) is 2.33. The molecule has 1 aromatic rings. The first kappa shape index (κ1) is 19.2. The first-order valence-electron chi connectivity index (χ1n) is 6.59. The van der Waals surface area contributed by atoms with Gasteiger partial charge in [0.1, 0.15) is 0 Å². The van der Waals surface area contributed by atoms with Gasteiger partial charge in [-0.25, -0.2) is 0 Å². The van der Waals surface area contributed by atoms with Crippen LogP contribution >= 0.6 is 24.0 Å². The van der Waals surface area contributed by atoms with Crippen molar-refractivity contribution in [1.82, 2.24) is 10.6 Å². The van der Waals surface area contributed by atoms with Gasteiger partial charge in [0, 0.05) is 24.5 Å². The maximum Gasteiger partial charge on any atom is 0.221 e. The summed E-state index contributed by atoms with van der Waals surface area (Å²) in [5, 5.41) is 6.70. The number of hydrogen-bond acceptors (Lipinski definition) is 2. The number of benzene rings is 1. The van der Waals surface area contributed by atoms with Gasteiger partial charge in [0.2, 0.25) is 5.91 Å². The fourth-order valence-corrected chi connectivity index (χ4v) is 2.14. The molecule has 5 heteroatoms. The van der Waals surface area contributed by atoms with E-state index in [2.05, 4.69) is 30.5 Å². The lowest BCUT2D eigenvalue weighted by molar-refractivity contribution is -0.121. The van der Waals surface area contributed by atoms with Crippen LogP contribution in [0.2, 0.25) is 5.02 Å². The Labute approximate surface area is 132 Å². The molecule has 1 rings (SSSR count). The molecule has 0 saturated carbocycles. The van der Waals surface area contributed by atoms with Crippen LogP contribution in [0.4, 0.5) is 0 Å². The maximum absolute atomic E-state index is 11.6. The molecule has 0 bridgehead atoms. The second kappa shape index (κ2) is 9.22. The van der Waals surface area contributed by atoms with Gasteiger partial charge in [-0.05, 0) is 36.6 Å². The summed E-state index contributed by atoms with van der Waals surface area (Å²) in [7, 11) is 1.84. The summed E-state index contributed by atoms with van der Waals surface area (Å²) in [6.45, 7) is 5.67. The van der Waals surface area contributed by atoms with Gasteiger partial charge >= 0.3 is 0 Å². The largest absolute Gasteiger partial charge is 0.356 e. The number of amides is 1. The number of hydrogen-bond donors (Lipinski definition) is 2. The van der Waals surface area contributed by atoms with Crippen LogP contribution in [0.3, 0.4) is 0 Å². The Morgan fingerprint density at radius 2 is 2.05 bits per heavy atom. The third-order valence-electron chi connectivity index (χ3n) is 2.94. The van der Waals surface area contributed by atoms with E-state index in [4.69, 9.17) is 11.6 Å². The molecule has 0 saturated heterocycles. The van der Waals surface area contributed by atoms with Gasteiger partial charge in [-0.15, -0.1) is 12.4 Å². The SMILES string of the molecule is CNCCC(=O)NCC(C)(C)Cc1cccc(Cl)c1.Cl. The number of carbonyl (C=O) groups is 1. The molecule has 0 aliphatic carbocycles. The van der Waals surface area contributed by atoms with Crippen molar-refractivity contribution in [2.45, 2.75) is 26.7 Å². The van der Waals surface area contributed by atoms with Crippen LogP contribution < -0.4 is 10.6 Å². The lowest BCUT2D eigenvalue weighted by Gasteiger charge is -2.25. The Kier molecular flexibility index (Phi) is 8.86. The van der Waals surface area contributed by atoms with E-state index in [0.29, 0.717) is 19.5 Å². The summed E-state index contributed by atoms with van der Waals surface area (Å²) >= 11 is 5.98. The van der Waals surface area contributed by atoms with E-state index in [-0.39, 0.29) is 23.7 Å². The van der Waals surface area contributed by atoms with Gasteiger partial charge in [-0.1, -0.05) is 37.6 Å². The van der Waals surface area contributed by atoms with Gasteiger partial charge in [-0.3, -0.25) is 4.79 Å². The molecule has 0 heterocycles. The highest BCUT2D eigenvalue weighted by Crippen LogP contribution is 2.22. The summed E-state index contributed by atoms with van der Waals surface area (Å²) in [5.41, 5.74) is 1.21. The summed E-state index contributed by atoms with van der Waals surface area (Å²) in [6.07, 6.45) is 1.41. The Hall–Kier alpha value is -0.770. The molecule has 0 aliphatic heterocycles. The van der Waals surface area contributed by atoms with E-state index in [1.54, 1.807) is 0 Å². The van der Waals surface area contributed by atoms with Crippen LogP contribution in [0.5, 0.6) is 0 Å². The third-order valence-corrected chi connectivity index (χ3v) is 3.17. The Bertz CT molecular complexity index is 422. The predicted octanol–water partition coefficient (Wildman–Crippen LogP) is 3.06. The zero-order valence-corrected chi connectivity index (χ0v) is 13.9. The Morgan fingerprint density at radius 3 is 2.65 bits per heavy atom. The molecule has 3 nitrogen and oxygen atoms in total. The number of rotatable bonds is 7. The minimum atomic E-state index is 0. The van der Waals surface area contributed by atoms with Gasteiger partial charge in [-0.2, -0.15) is 0 Å². The molecule has 1 amide bonds. The van der Waals surface area contributed by atoms with Crippen molar-refractivity contribution in [3.8, 4) is 0 Å². The standard InChI is InChI=1S/C15H23ClN2O.ClH/c1-15(2,11-18-14(19)7-8-17-3)10-12-5-4-6-13(16)9-12;/h4-6,9,17H,7-8,10-11H2,1-3H3,(H,18,19);1H. The lowest BCUT2D eigenvalue weighted by Crippen LogP contribution is -2.36. The van der Waals surface area contributed by atoms with Crippen molar-refractivity contribution in [3.05, 3.63) is 34.9 Å². The quantitative estimate of drug-likeness (QED) is 0.811. The van der Waals surface area contributed by atoms with E-state index in [9.17, 15) is 4.79 Å². The minimum Gasteiger partial charge on any atom is -0.356 e. The molecule has 0 atom stereocenters. The fourth-order valence-electron chi connectivity index (χ4n) is 1.93. The molecule has 0 aliphatic rings. The normalized spacial score (nSPS) is 10.8. The molecule has 2 N–H and O–H groups in total. The predicted molar refractivity (Wildman–Crippen MR) is 87.7 cm³/mol. The number of nitrogens with one attached hydrogen (secondary N) is 2. The van der Waals surface area contributed by atoms with Crippen LogP contribution in [-0.4, -0.2) is 26.0 Å². The van der Waals surface area contributed by atoms with E-state index in [1.165, 1.54) is 5.56 Å². The zero-order valence-electron chi connectivity index (χ0n) is 12.3. The van der Waals surface area contributed by atoms with Crippen LogP contribution in [0.15, 0.2) is 24.3 Å². The van der Waals surface area contributed by atoms with Crippen molar-refractivity contribution in [2.24, 2.45) is 5.41 Å². The van der Waals surface area contributed by atoms with Crippen molar-refractivity contribution < 1.29 is 4.79 Å². The second-order valence-electron chi connectivity index (χ2n) is 5.60. The average molecular weight is 319 g/mol. The van der Waals surface area contributed by atoms with Crippen LogP contribution in [-0.2, 0) is 11.2 Å². The van der Waals surface area contributed by atoms with Crippen molar-refractivity contribution in [1.29, 1.82) is 0 Å². The monoisotopic (exact) mass is 318 g/mol. The molecule has 0 aromatic heterocycles. The highest BCUT2D eigenvalue weighted by Gasteiger charge is 2.19. The first-order chi connectivity index (χ1) is 8.93. The molecular formula is C15H24Cl2N2O. The van der Waals surface area contributed by atoms with Crippen LogP contribution in [0.1, 0.15) is 25.8 Å².